The van der Waals surface area contributed by atoms with Crippen molar-refractivity contribution in [2.45, 2.75) is 26.8 Å². The predicted molar refractivity (Wildman–Crippen MR) is 73.5 cm³/mol. The third-order valence-corrected chi connectivity index (χ3v) is 4.55. The topological polar surface area (TPSA) is 55.4 Å². The van der Waals surface area contributed by atoms with Crippen LogP contribution < -0.4 is 0 Å². The van der Waals surface area contributed by atoms with Crippen molar-refractivity contribution in [3.05, 3.63) is 12.7 Å². The van der Waals surface area contributed by atoms with E-state index >= 15 is 0 Å². The van der Waals surface area contributed by atoms with Crippen LogP contribution in [0.3, 0.4) is 0 Å². The van der Waals surface area contributed by atoms with E-state index in [-0.39, 0.29) is 20.4 Å². The van der Waals surface area contributed by atoms with Gasteiger partial charge in [-0.2, -0.15) is 0 Å². The Morgan fingerprint density at radius 1 is 0.789 bits per heavy atom. The van der Waals surface area contributed by atoms with Crippen LogP contribution >= 0.6 is 0 Å². The third kappa shape index (κ3) is 9.28. The monoisotopic (exact) mass is 294 g/mol. The van der Waals surface area contributed by atoms with E-state index in [4.69, 9.17) is 27.5 Å². The first-order chi connectivity index (χ1) is 9.24. The summed E-state index contributed by atoms with van der Waals surface area (Å²) in [4.78, 5) is 0. The van der Waals surface area contributed by atoms with Crippen LogP contribution in [0.5, 0.6) is 0 Å². The highest BCUT2D eigenvalue weighted by Crippen LogP contribution is 2.17. The summed E-state index contributed by atoms with van der Waals surface area (Å²) in [7, 11) is -2.90. The molecule has 114 valence electrons. The second kappa shape index (κ2) is 12.7. The molecule has 6 nitrogen and oxygen atoms in total. The first kappa shape index (κ1) is 18.7. The minimum Gasteiger partial charge on any atom is -0.357 e. The van der Waals surface area contributed by atoms with Crippen LogP contribution in [0.15, 0.2) is 12.7 Å². The highest BCUT2D eigenvalue weighted by molar-refractivity contribution is 6.61. The summed E-state index contributed by atoms with van der Waals surface area (Å²) in [5, 5.41) is 0. The number of ether oxygens (including phenoxy) is 3. The molecule has 0 aromatic carbocycles. The van der Waals surface area contributed by atoms with E-state index < -0.39 is 8.80 Å². The minimum atomic E-state index is -2.90. The number of hydrogen-bond acceptors (Lipinski definition) is 6. The van der Waals surface area contributed by atoms with Crippen LogP contribution in [0, 0.1) is 0 Å². The lowest BCUT2D eigenvalue weighted by molar-refractivity contribution is -0.0990. The van der Waals surface area contributed by atoms with Crippen molar-refractivity contribution in [1.29, 1.82) is 0 Å². The molecule has 0 fully saturated rings. The maximum absolute atomic E-state index is 5.64. The van der Waals surface area contributed by atoms with E-state index in [0.717, 1.165) is 0 Å². The molecule has 0 aliphatic carbocycles. The van der Waals surface area contributed by atoms with Gasteiger partial charge in [0.1, 0.15) is 20.4 Å². The van der Waals surface area contributed by atoms with E-state index in [0.29, 0.717) is 25.9 Å². The molecule has 0 N–H and O–H groups in total. The van der Waals surface area contributed by atoms with Crippen LogP contribution in [0.25, 0.3) is 0 Å². The van der Waals surface area contributed by atoms with Crippen LogP contribution in [-0.4, -0.2) is 49.0 Å². The fourth-order valence-corrected chi connectivity index (χ4v) is 2.87. The Kier molecular flexibility index (Phi) is 12.5. The van der Waals surface area contributed by atoms with Gasteiger partial charge >= 0.3 is 8.80 Å². The average molecular weight is 294 g/mol. The van der Waals surface area contributed by atoms with Gasteiger partial charge in [0.2, 0.25) is 0 Å². The van der Waals surface area contributed by atoms with Crippen LogP contribution in [-0.2, 0) is 27.5 Å². The number of allylic oxidation sites excluding steroid dienone is 1. The zero-order chi connectivity index (χ0) is 14.4. The van der Waals surface area contributed by atoms with Gasteiger partial charge < -0.3 is 27.5 Å². The molecule has 0 rings (SSSR count). The molecule has 0 saturated heterocycles. The van der Waals surface area contributed by atoms with Gasteiger partial charge in [-0.25, -0.2) is 0 Å². The van der Waals surface area contributed by atoms with Crippen LogP contribution in [0.2, 0.25) is 6.04 Å². The summed E-state index contributed by atoms with van der Waals surface area (Å²) in [5.74, 6) is 0. The lowest BCUT2D eigenvalue weighted by atomic mass is 10.8. The van der Waals surface area contributed by atoms with E-state index in [1.54, 1.807) is 6.08 Å². The van der Waals surface area contributed by atoms with Crippen molar-refractivity contribution < 1.29 is 27.5 Å². The molecule has 0 aliphatic heterocycles. The van der Waals surface area contributed by atoms with Gasteiger partial charge in [0.05, 0.1) is 0 Å². The highest BCUT2D eigenvalue weighted by atomic mass is 28.4. The Morgan fingerprint density at radius 2 is 1.16 bits per heavy atom. The van der Waals surface area contributed by atoms with Crippen LogP contribution in [0.4, 0.5) is 0 Å². The Labute approximate surface area is 116 Å². The lowest BCUT2D eigenvalue weighted by Crippen LogP contribution is -2.47. The maximum atomic E-state index is 5.64. The fraction of sp³-hybridized carbons (Fsp3) is 0.833. The Bertz CT molecular complexity index is 188. The van der Waals surface area contributed by atoms with E-state index in [2.05, 4.69) is 6.58 Å². The second-order valence-electron chi connectivity index (χ2n) is 3.44. The van der Waals surface area contributed by atoms with Gasteiger partial charge in [-0.15, -0.1) is 6.58 Å². The molecule has 7 heteroatoms. The normalized spacial score (nSPS) is 11.7. The van der Waals surface area contributed by atoms with Crippen molar-refractivity contribution in [3.63, 3.8) is 0 Å². The van der Waals surface area contributed by atoms with Crippen LogP contribution in [0.1, 0.15) is 20.8 Å². The molecule has 0 spiro atoms. The molecular weight excluding hydrogens is 268 g/mol. The first-order valence-corrected chi connectivity index (χ1v) is 8.43. The summed E-state index contributed by atoms with van der Waals surface area (Å²) in [6.07, 6.45) is 1.70. The molecule has 0 aromatic heterocycles. The number of rotatable bonds is 14. The maximum Gasteiger partial charge on any atom is 0.510 e. The lowest BCUT2D eigenvalue weighted by Gasteiger charge is -2.28. The summed E-state index contributed by atoms with van der Waals surface area (Å²) in [6.45, 7) is 11.4. The molecule has 0 bridgehead atoms. The van der Waals surface area contributed by atoms with Gasteiger partial charge in [-0.05, 0) is 20.8 Å². The van der Waals surface area contributed by atoms with E-state index in [9.17, 15) is 0 Å². The average Bonchev–Trinajstić information content (AvgIpc) is 2.40. The van der Waals surface area contributed by atoms with Gasteiger partial charge in [0, 0.05) is 25.9 Å². The summed E-state index contributed by atoms with van der Waals surface area (Å²) in [6, 6.07) is 0.472. The van der Waals surface area contributed by atoms with Gasteiger partial charge in [-0.3, -0.25) is 0 Å². The molecular formula is C12H26O6Si. The van der Waals surface area contributed by atoms with Gasteiger partial charge in [0.25, 0.3) is 0 Å². The minimum absolute atomic E-state index is 0.120. The third-order valence-electron chi connectivity index (χ3n) is 2.09. The molecule has 0 amide bonds. The predicted octanol–water partition coefficient (Wildman–Crippen LogP) is 2.14. The van der Waals surface area contributed by atoms with Gasteiger partial charge in [-0.1, -0.05) is 6.08 Å². The largest absolute Gasteiger partial charge is 0.510 e. The smallest absolute Gasteiger partial charge is 0.357 e. The molecule has 0 radical (unpaired) electrons. The van der Waals surface area contributed by atoms with E-state index in [1.807, 2.05) is 20.8 Å². The zero-order valence-electron chi connectivity index (χ0n) is 12.2. The Hall–Kier alpha value is -0.283. The number of hydrogen-bond donors (Lipinski definition) is 0. The molecule has 19 heavy (non-hydrogen) atoms. The molecule has 0 saturated carbocycles. The molecule has 0 atom stereocenters. The van der Waals surface area contributed by atoms with Crippen molar-refractivity contribution in [1.82, 2.24) is 0 Å². The summed E-state index contributed by atoms with van der Waals surface area (Å²) in [5.41, 5.74) is 0. The quantitative estimate of drug-likeness (QED) is 0.212. The second-order valence-corrected chi connectivity index (χ2v) is 6.08. The van der Waals surface area contributed by atoms with Gasteiger partial charge in [0.15, 0.2) is 0 Å². The van der Waals surface area contributed by atoms with E-state index in [1.165, 1.54) is 0 Å². The molecule has 0 heterocycles. The standard InChI is InChI=1S/C12H26O6Si/c1-5-9-19(16-10-13-6-2,17-11-14-7-3)18-12-15-8-4/h5H,1,6-12H2,2-4H3. The fourth-order valence-electron chi connectivity index (χ4n) is 1.12. The molecule has 0 aromatic rings. The van der Waals surface area contributed by atoms with Crippen molar-refractivity contribution in [2.75, 3.05) is 40.2 Å². The summed E-state index contributed by atoms with van der Waals surface area (Å²) >= 11 is 0. The SMILES string of the molecule is C=CC[Si](OCOCC)(OCOCC)OCOCC. The van der Waals surface area contributed by atoms with Crippen molar-refractivity contribution >= 4 is 8.80 Å². The Morgan fingerprint density at radius 3 is 1.42 bits per heavy atom. The first-order valence-electron chi connectivity index (χ1n) is 6.50. The summed E-state index contributed by atoms with van der Waals surface area (Å²) < 4.78 is 32.5. The molecule has 0 aliphatic rings. The molecule has 0 unspecified atom stereocenters. The highest BCUT2D eigenvalue weighted by Gasteiger charge is 2.40. The zero-order valence-corrected chi connectivity index (χ0v) is 13.2. The van der Waals surface area contributed by atoms with Crippen molar-refractivity contribution in [2.24, 2.45) is 0 Å². The van der Waals surface area contributed by atoms with Crippen molar-refractivity contribution in [3.8, 4) is 0 Å². The Balaban J connectivity index is 4.42.